The van der Waals surface area contributed by atoms with Gasteiger partial charge in [-0.25, -0.2) is 4.39 Å². The molecule has 0 spiro atoms. The van der Waals surface area contributed by atoms with Gasteiger partial charge in [0.15, 0.2) is 0 Å². The minimum atomic E-state index is -0.308. The zero-order valence-corrected chi connectivity index (χ0v) is 14.1. The number of nitrogens with zero attached hydrogens (tertiary/aromatic N) is 1. The fraction of sp³-hybridized carbons (Fsp3) is 0.350. The molecule has 4 nitrogen and oxygen atoms in total. The Balaban J connectivity index is 1.55. The highest BCUT2D eigenvalue weighted by atomic mass is 19.1. The number of rotatable bonds is 6. The first kappa shape index (κ1) is 17.6. The lowest BCUT2D eigenvalue weighted by Gasteiger charge is -2.18. The predicted molar refractivity (Wildman–Crippen MR) is 94.3 cm³/mol. The van der Waals surface area contributed by atoms with Crippen LogP contribution in [0, 0.1) is 11.7 Å². The van der Waals surface area contributed by atoms with Crippen LogP contribution in [0.3, 0.4) is 0 Å². The molecule has 25 heavy (non-hydrogen) atoms. The quantitative estimate of drug-likeness (QED) is 0.844. The number of halogens is 1. The third kappa shape index (κ3) is 4.87. The number of amides is 1. The van der Waals surface area contributed by atoms with E-state index in [9.17, 15) is 14.3 Å². The Kier molecular flexibility index (Phi) is 5.79. The van der Waals surface area contributed by atoms with E-state index in [0.717, 1.165) is 25.2 Å². The first-order valence-corrected chi connectivity index (χ1v) is 8.55. The Morgan fingerprint density at radius 1 is 1.08 bits per heavy atom. The molecule has 0 aromatic heterocycles. The van der Waals surface area contributed by atoms with Crippen molar-refractivity contribution in [2.24, 2.45) is 5.92 Å². The molecule has 2 N–H and O–H groups in total. The van der Waals surface area contributed by atoms with Gasteiger partial charge in [-0.15, -0.1) is 0 Å². The summed E-state index contributed by atoms with van der Waals surface area (Å²) in [5, 5.41) is 12.7. The zero-order valence-electron chi connectivity index (χ0n) is 14.1. The van der Waals surface area contributed by atoms with Gasteiger partial charge in [0.1, 0.15) is 5.82 Å². The molecule has 0 unspecified atom stereocenters. The Morgan fingerprint density at radius 3 is 2.48 bits per heavy atom. The van der Waals surface area contributed by atoms with Gasteiger partial charge in [0.2, 0.25) is 5.91 Å². The molecule has 1 aliphatic rings. The van der Waals surface area contributed by atoms with Crippen LogP contribution in [0.2, 0.25) is 0 Å². The summed E-state index contributed by atoms with van der Waals surface area (Å²) in [6, 6.07) is 16.1. The maximum Gasteiger partial charge on any atom is 0.224 e. The summed E-state index contributed by atoms with van der Waals surface area (Å²) in [7, 11) is 0. The van der Waals surface area contributed by atoms with E-state index in [1.54, 1.807) is 12.1 Å². The number of aliphatic hydroxyl groups excluding tert-OH is 1. The molecule has 1 heterocycles. The molecule has 0 bridgehead atoms. The number of hydrogen-bond acceptors (Lipinski definition) is 3. The number of benzene rings is 2. The molecule has 1 saturated heterocycles. The highest BCUT2D eigenvalue weighted by molar-refractivity contribution is 5.78. The summed E-state index contributed by atoms with van der Waals surface area (Å²) in [6.07, 6.45) is 0.216. The predicted octanol–water partition coefficient (Wildman–Crippen LogP) is 1.98. The summed E-state index contributed by atoms with van der Waals surface area (Å²) in [6.45, 7) is 2.33. The first-order chi connectivity index (χ1) is 12.1. The van der Waals surface area contributed by atoms with Gasteiger partial charge in [-0.2, -0.15) is 0 Å². The molecule has 132 valence electrons. The first-order valence-electron chi connectivity index (χ1n) is 8.55. The van der Waals surface area contributed by atoms with Crippen LogP contribution in [0.15, 0.2) is 54.6 Å². The molecule has 1 aliphatic heterocycles. The number of aliphatic hydroxyl groups is 1. The number of nitrogens with one attached hydrogen (secondary N) is 1. The minimum absolute atomic E-state index is 0.0286. The van der Waals surface area contributed by atoms with E-state index in [0.29, 0.717) is 0 Å². The lowest BCUT2D eigenvalue weighted by molar-refractivity contribution is -0.121. The van der Waals surface area contributed by atoms with E-state index >= 15 is 0 Å². The Hall–Kier alpha value is -2.24. The SMILES string of the molecule is O=C(Cc1ccc(F)cc1)N[C@@H]1CN(Cc2ccccc2)C[C@H]1CO. The molecule has 0 saturated carbocycles. The standard InChI is InChI=1S/C20H23FN2O2/c21-18-8-6-15(7-9-18)10-20(25)22-19-13-23(12-17(19)14-24)11-16-4-2-1-3-5-16/h1-9,17,19,24H,10-14H2,(H,22,25)/t17-,19+/m0/s1. The van der Waals surface area contributed by atoms with E-state index < -0.39 is 0 Å². The van der Waals surface area contributed by atoms with Gasteiger partial charge >= 0.3 is 0 Å². The van der Waals surface area contributed by atoms with Gasteiger partial charge in [0.25, 0.3) is 0 Å². The van der Waals surface area contributed by atoms with Crippen molar-refractivity contribution in [3.8, 4) is 0 Å². The van der Waals surface area contributed by atoms with E-state index in [1.807, 2.05) is 18.2 Å². The number of carbonyl (C=O) groups excluding carboxylic acids is 1. The molecule has 2 aromatic rings. The van der Waals surface area contributed by atoms with Crippen molar-refractivity contribution in [3.63, 3.8) is 0 Å². The van der Waals surface area contributed by atoms with Crippen molar-refractivity contribution < 1.29 is 14.3 Å². The smallest absolute Gasteiger partial charge is 0.224 e. The van der Waals surface area contributed by atoms with Gasteiger partial charge in [0, 0.05) is 38.2 Å². The van der Waals surface area contributed by atoms with E-state index in [1.165, 1.54) is 17.7 Å². The zero-order chi connectivity index (χ0) is 17.6. The lowest BCUT2D eigenvalue weighted by Crippen LogP contribution is -2.42. The topological polar surface area (TPSA) is 52.6 Å². The number of carbonyl (C=O) groups is 1. The van der Waals surface area contributed by atoms with Crippen LogP contribution in [0.4, 0.5) is 4.39 Å². The van der Waals surface area contributed by atoms with Crippen molar-refractivity contribution in [1.29, 1.82) is 0 Å². The molecular formula is C20H23FN2O2. The maximum atomic E-state index is 12.9. The third-order valence-corrected chi connectivity index (χ3v) is 4.62. The van der Waals surface area contributed by atoms with Crippen LogP contribution in [-0.2, 0) is 17.8 Å². The monoisotopic (exact) mass is 342 g/mol. The van der Waals surface area contributed by atoms with Gasteiger partial charge in [-0.1, -0.05) is 42.5 Å². The van der Waals surface area contributed by atoms with Gasteiger partial charge < -0.3 is 10.4 Å². The summed E-state index contributed by atoms with van der Waals surface area (Å²) >= 11 is 0. The van der Waals surface area contributed by atoms with Gasteiger partial charge in [-0.3, -0.25) is 9.69 Å². The maximum absolute atomic E-state index is 12.9. The lowest BCUT2D eigenvalue weighted by atomic mass is 10.0. The summed E-state index contributed by atoms with van der Waals surface area (Å²) in [4.78, 5) is 14.5. The van der Waals surface area contributed by atoms with Crippen LogP contribution >= 0.6 is 0 Å². The normalized spacial score (nSPS) is 20.6. The van der Waals surface area contributed by atoms with E-state index in [2.05, 4.69) is 22.3 Å². The molecule has 2 aromatic carbocycles. The van der Waals surface area contributed by atoms with Crippen LogP contribution in [0.5, 0.6) is 0 Å². The molecular weight excluding hydrogens is 319 g/mol. The van der Waals surface area contributed by atoms with Crippen molar-refractivity contribution in [3.05, 3.63) is 71.5 Å². The van der Waals surface area contributed by atoms with E-state index in [4.69, 9.17) is 0 Å². The Labute approximate surface area is 147 Å². The van der Waals surface area contributed by atoms with Gasteiger partial charge in [0.05, 0.1) is 6.42 Å². The van der Waals surface area contributed by atoms with Crippen molar-refractivity contribution in [1.82, 2.24) is 10.2 Å². The molecule has 1 amide bonds. The second-order valence-corrected chi connectivity index (χ2v) is 6.60. The molecule has 2 atom stereocenters. The van der Waals surface area contributed by atoms with E-state index in [-0.39, 0.29) is 36.7 Å². The van der Waals surface area contributed by atoms with Crippen LogP contribution in [-0.4, -0.2) is 41.7 Å². The average molecular weight is 342 g/mol. The number of hydrogen-bond donors (Lipinski definition) is 2. The van der Waals surface area contributed by atoms with Crippen molar-refractivity contribution in [2.75, 3.05) is 19.7 Å². The van der Waals surface area contributed by atoms with Crippen LogP contribution in [0.1, 0.15) is 11.1 Å². The highest BCUT2D eigenvalue weighted by Crippen LogP contribution is 2.19. The summed E-state index contributed by atoms with van der Waals surface area (Å²) in [5.74, 6) is -0.380. The average Bonchev–Trinajstić information content (AvgIpc) is 2.99. The fourth-order valence-electron chi connectivity index (χ4n) is 3.33. The number of likely N-dealkylation sites (tertiary alicyclic amines) is 1. The van der Waals surface area contributed by atoms with Crippen LogP contribution in [0.25, 0.3) is 0 Å². The minimum Gasteiger partial charge on any atom is -0.396 e. The highest BCUT2D eigenvalue weighted by Gasteiger charge is 2.33. The molecule has 5 heteroatoms. The Morgan fingerprint density at radius 2 is 1.80 bits per heavy atom. The molecule has 0 aliphatic carbocycles. The molecule has 0 radical (unpaired) electrons. The summed E-state index contributed by atoms with van der Waals surface area (Å²) < 4.78 is 12.9. The fourth-order valence-corrected chi connectivity index (χ4v) is 3.33. The second kappa shape index (κ2) is 8.23. The van der Waals surface area contributed by atoms with Gasteiger partial charge in [-0.05, 0) is 23.3 Å². The summed E-state index contributed by atoms with van der Waals surface area (Å²) in [5.41, 5.74) is 2.00. The Bertz CT molecular complexity index is 691. The molecule has 3 rings (SSSR count). The third-order valence-electron chi connectivity index (χ3n) is 4.62. The molecule has 1 fully saturated rings. The largest absolute Gasteiger partial charge is 0.396 e. The van der Waals surface area contributed by atoms with Crippen molar-refractivity contribution >= 4 is 5.91 Å². The van der Waals surface area contributed by atoms with Crippen molar-refractivity contribution in [2.45, 2.75) is 19.0 Å². The van der Waals surface area contributed by atoms with Crippen LogP contribution < -0.4 is 5.32 Å². The second-order valence-electron chi connectivity index (χ2n) is 6.60.